The SMILES string of the molecule is Cc1nc(N2CCOCC2)[nH]c(=O)c1CCC(=O)Nc1cc(F)cc(F)c1. The van der Waals surface area contributed by atoms with E-state index in [0.717, 1.165) is 18.2 Å². The maximum absolute atomic E-state index is 13.2. The standard InChI is InChI=1S/C18H20F2N4O3/c1-11-15(17(26)23-18(21-11)24-4-6-27-7-5-24)2-3-16(25)22-14-9-12(19)8-13(20)10-14/h8-10H,2-7H2,1H3,(H,22,25)(H,21,23,26). The Morgan fingerprint density at radius 3 is 2.56 bits per heavy atom. The molecule has 1 aromatic heterocycles. The predicted molar refractivity (Wildman–Crippen MR) is 95.9 cm³/mol. The average molecular weight is 378 g/mol. The van der Waals surface area contributed by atoms with Crippen molar-refractivity contribution in [3.05, 3.63) is 51.4 Å². The maximum Gasteiger partial charge on any atom is 0.255 e. The van der Waals surface area contributed by atoms with Crippen LogP contribution >= 0.6 is 0 Å². The van der Waals surface area contributed by atoms with Crippen molar-refractivity contribution in [1.82, 2.24) is 9.97 Å². The molecule has 0 aliphatic carbocycles. The summed E-state index contributed by atoms with van der Waals surface area (Å²) in [5.74, 6) is -1.51. The van der Waals surface area contributed by atoms with Crippen molar-refractivity contribution in [2.75, 3.05) is 36.5 Å². The normalized spacial score (nSPS) is 14.3. The molecule has 144 valence electrons. The van der Waals surface area contributed by atoms with Gasteiger partial charge in [0, 0.05) is 42.5 Å². The van der Waals surface area contributed by atoms with Gasteiger partial charge in [-0.05, 0) is 25.5 Å². The van der Waals surface area contributed by atoms with Crippen molar-refractivity contribution in [2.45, 2.75) is 19.8 Å². The van der Waals surface area contributed by atoms with E-state index in [2.05, 4.69) is 15.3 Å². The number of carbonyl (C=O) groups excluding carboxylic acids is 1. The highest BCUT2D eigenvalue weighted by molar-refractivity contribution is 5.90. The van der Waals surface area contributed by atoms with Crippen molar-refractivity contribution in [1.29, 1.82) is 0 Å². The number of hydrogen-bond donors (Lipinski definition) is 2. The summed E-state index contributed by atoms with van der Waals surface area (Å²) in [6, 6.07) is 2.77. The van der Waals surface area contributed by atoms with Crippen LogP contribution < -0.4 is 15.8 Å². The molecule has 2 aromatic rings. The number of H-pyrrole nitrogens is 1. The van der Waals surface area contributed by atoms with E-state index in [1.54, 1.807) is 6.92 Å². The summed E-state index contributed by atoms with van der Waals surface area (Å²) in [4.78, 5) is 33.5. The Bertz CT molecular complexity index is 874. The molecule has 1 aliphatic rings. The lowest BCUT2D eigenvalue weighted by Crippen LogP contribution is -2.38. The number of anilines is 2. The van der Waals surface area contributed by atoms with Gasteiger partial charge in [0.05, 0.1) is 13.2 Å². The van der Waals surface area contributed by atoms with Crippen LogP contribution in [-0.2, 0) is 16.0 Å². The average Bonchev–Trinajstić information content (AvgIpc) is 2.60. The molecule has 1 saturated heterocycles. The lowest BCUT2D eigenvalue weighted by molar-refractivity contribution is -0.116. The first-order chi connectivity index (χ1) is 12.9. The summed E-state index contributed by atoms with van der Waals surface area (Å²) in [7, 11) is 0. The predicted octanol–water partition coefficient (Wildman–Crippen LogP) is 1.76. The zero-order valence-electron chi connectivity index (χ0n) is 14.8. The Balaban J connectivity index is 1.65. The minimum absolute atomic E-state index is 0.0133. The number of aromatic nitrogens is 2. The van der Waals surface area contributed by atoms with Crippen molar-refractivity contribution in [3.8, 4) is 0 Å². The molecular formula is C18H20F2N4O3. The van der Waals surface area contributed by atoms with Gasteiger partial charge in [-0.15, -0.1) is 0 Å². The minimum Gasteiger partial charge on any atom is -0.378 e. The molecule has 27 heavy (non-hydrogen) atoms. The van der Waals surface area contributed by atoms with Crippen LogP contribution in [0.1, 0.15) is 17.7 Å². The van der Waals surface area contributed by atoms with E-state index >= 15 is 0 Å². The number of morpholine rings is 1. The summed E-state index contributed by atoms with van der Waals surface area (Å²) >= 11 is 0. The Morgan fingerprint density at radius 1 is 1.26 bits per heavy atom. The van der Waals surface area contributed by atoms with Gasteiger partial charge < -0.3 is 15.0 Å². The van der Waals surface area contributed by atoms with E-state index in [0.29, 0.717) is 43.5 Å². The molecule has 1 aromatic carbocycles. The maximum atomic E-state index is 13.2. The highest BCUT2D eigenvalue weighted by Gasteiger charge is 2.17. The molecule has 0 saturated carbocycles. The van der Waals surface area contributed by atoms with Crippen LogP contribution in [0.25, 0.3) is 0 Å². The molecular weight excluding hydrogens is 358 g/mol. The van der Waals surface area contributed by atoms with Crippen LogP contribution in [0.5, 0.6) is 0 Å². The lowest BCUT2D eigenvalue weighted by atomic mass is 10.1. The lowest BCUT2D eigenvalue weighted by Gasteiger charge is -2.27. The number of aryl methyl sites for hydroxylation is 1. The quantitative estimate of drug-likeness (QED) is 0.828. The second-order valence-electron chi connectivity index (χ2n) is 6.26. The number of nitrogens with one attached hydrogen (secondary N) is 2. The van der Waals surface area contributed by atoms with Gasteiger partial charge in [0.2, 0.25) is 11.9 Å². The summed E-state index contributed by atoms with van der Waals surface area (Å²) in [6.45, 7) is 4.16. The second-order valence-corrected chi connectivity index (χ2v) is 6.26. The molecule has 0 bridgehead atoms. The molecule has 1 fully saturated rings. The third kappa shape index (κ3) is 4.88. The molecule has 3 rings (SSSR count). The molecule has 0 spiro atoms. The van der Waals surface area contributed by atoms with Crippen LogP contribution in [0.4, 0.5) is 20.4 Å². The van der Waals surface area contributed by atoms with Gasteiger partial charge >= 0.3 is 0 Å². The van der Waals surface area contributed by atoms with Crippen LogP contribution in [0.2, 0.25) is 0 Å². The zero-order valence-corrected chi connectivity index (χ0v) is 14.8. The van der Waals surface area contributed by atoms with Crippen molar-refractivity contribution in [2.24, 2.45) is 0 Å². The molecule has 2 N–H and O–H groups in total. The molecule has 0 unspecified atom stereocenters. The van der Waals surface area contributed by atoms with E-state index in [9.17, 15) is 18.4 Å². The van der Waals surface area contributed by atoms with Gasteiger partial charge in [-0.25, -0.2) is 13.8 Å². The van der Waals surface area contributed by atoms with Crippen molar-refractivity contribution < 1.29 is 18.3 Å². The largest absolute Gasteiger partial charge is 0.378 e. The highest BCUT2D eigenvalue weighted by atomic mass is 19.1. The summed E-state index contributed by atoms with van der Waals surface area (Å²) in [5.41, 5.74) is 0.690. The van der Waals surface area contributed by atoms with Gasteiger partial charge in [-0.1, -0.05) is 0 Å². The molecule has 7 nitrogen and oxygen atoms in total. The van der Waals surface area contributed by atoms with E-state index in [1.807, 2.05) is 4.90 Å². The molecule has 2 heterocycles. The summed E-state index contributed by atoms with van der Waals surface area (Å²) in [5, 5.41) is 2.42. The Kier molecular flexibility index (Phi) is 5.80. The number of nitrogens with zero attached hydrogens (tertiary/aromatic N) is 2. The Hall–Kier alpha value is -2.81. The van der Waals surface area contributed by atoms with E-state index in [1.165, 1.54) is 0 Å². The fraction of sp³-hybridized carbons (Fsp3) is 0.389. The molecule has 1 amide bonds. The third-order valence-corrected chi connectivity index (χ3v) is 4.27. The number of carbonyl (C=O) groups is 1. The molecule has 9 heteroatoms. The van der Waals surface area contributed by atoms with Crippen molar-refractivity contribution in [3.63, 3.8) is 0 Å². The van der Waals surface area contributed by atoms with Gasteiger partial charge in [0.25, 0.3) is 5.56 Å². The fourth-order valence-electron chi connectivity index (χ4n) is 2.90. The molecule has 1 aliphatic heterocycles. The molecule has 0 radical (unpaired) electrons. The molecule has 0 atom stereocenters. The number of aromatic amines is 1. The fourth-order valence-corrected chi connectivity index (χ4v) is 2.90. The number of ether oxygens (including phenoxy) is 1. The zero-order chi connectivity index (χ0) is 19.4. The monoisotopic (exact) mass is 378 g/mol. The Morgan fingerprint density at radius 2 is 1.93 bits per heavy atom. The van der Waals surface area contributed by atoms with Crippen LogP contribution in [0, 0.1) is 18.6 Å². The van der Waals surface area contributed by atoms with Gasteiger partial charge in [-0.3, -0.25) is 14.6 Å². The van der Waals surface area contributed by atoms with E-state index in [4.69, 9.17) is 4.74 Å². The van der Waals surface area contributed by atoms with Crippen LogP contribution in [-0.4, -0.2) is 42.2 Å². The van der Waals surface area contributed by atoms with Crippen molar-refractivity contribution >= 4 is 17.5 Å². The second kappa shape index (κ2) is 8.26. The van der Waals surface area contributed by atoms with Gasteiger partial charge in [-0.2, -0.15) is 0 Å². The third-order valence-electron chi connectivity index (χ3n) is 4.27. The van der Waals surface area contributed by atoms with Crippen LogP contribution in [0.15, 0.2) is 23.0 Å². The number of rotatable bonds is 5. The number of halogens is 2. The first-order valence-corrected chi connectivity index (χ1v) is 8.61. The number of hydrogen-bond acceptors (Lipinski definition) is 5. The summed E-state index contributed by atoms with van der Waals surface area (Å²) < 4.78 is 31.6. The summed E-state index contributed by atoms with van der Waals surface area (Å²) in [6.07, 6.45) is 0.155. The van der Waals surface area contributed by atoms with Gasteiger partial charge in [0.15, 0.2) is 0 Å². The number of benzene rings is 1. The topological polar surface area (TPSA) is 87.3 Å². The number of amides is 1. The van der Waals surface area contributed by atoms with Crippen LogP contribution in [0.3, 0.4) is 0 Å². The van der Waals surface area contributed by atoms with Gasteiger partial charge in [0.1, 0.15) is 11.6 Å². The first-order valence-electron chi connectivity index (χ1n) is 8.61. The Labute approximate surface area is 154 Å². The highest BCUT2D eigenvalue weighted by Crippen LogP contribution is 2.14. The smallest absolute Gasteiger partial charge is 0.255 e. The minimum atomic E-state index is -0.777. The first kappa shape index (κ1) is 19.0. The van der Waals surface area contributed by atoms with E-state index < -0.39 is 17.5 Å². The van der Waals surface area contributed by atoms with E-state index in [-0.39, 0.29) is 24.1 Å².